The molecule has 0 spiro atoms. The fraction of sp³-hybridized carbons (Fsp3) is 0.222. The summed E-state index contributed by atoms with van der Waals surface area (Å²) in [6.07, 6.45) is 1.77. The van der Waals surface area contributed by atoms with Gasteiger partial charge in [0.2, 0.25) is 0 Å². The average molecular weight is 290 g/mol. The summed E-state index contributed by atoms with van der Waals surface area (Å²) in [7, 11) is 0. The number of aryl methyl sites for hydroxylation is 2. The number of nitriles is 1. The van der Waals surface area contributed by atoms with E-state index >= 15 is 0 Å². The summed E-state index contributed by atoms with van der Waals surface area (Å²) in [6.45, 7) is 2.99. The van der Waals surface area contributed by atoms with Gasteiger partial charge in [0.15, 0.2) is 0 Å². The van der Waals surface area contributed by atoms with E-state index in [9.17, 15) is 0 Å². The van der Waals surface area contributed by atoms with Gasteiger partial charge in [0.05, 0.1) is 22.7 Å². The van der Waals surface area contributed by atoms with Crippen LogP contribution in [0.25, 0.3) is 11.0 Å². The van der Waals surface area contributed by atoms with Gasteiger partial charge in [0, 0.05) is 18.7 Å². The van der Waals surface area contributed by atoms with Crippen molar-refractivity contribution in [3.8, 4) is 6.07 Å². The number of nitrogens with zero attached hydrogens (tertiary/aromatic N) is 2. The van der Waals surface area contributed by atoms with Crippen molar-refractivity contribution in [1.29, 1.82) is 5.26 Å². The predicted octanol–water partition coefficient (Wildman–Crippen LogP) is 3.65. The third-order valence-corrected chi connectivity index (χ3v) is 3.65. The van der Waals surface area contributed by atoms with Crippen molar-refractivity contribution in [2.45, 2.75) is 19.8 Å². The fourth-order valence-electron chi connectivity index (χ4n) is 2.50. The second kappa shape index (κ2) is 6.31. The molecule has 0 aliphatic rings. The van der Waals surface area contributed by atoms with Crippen molar-refractivity contribution in [1.82, 2.24) is 9.97 Å². The Morgan fingerprint density at radius 3 is 2.68 bits per heavy atom. The van der Waals surface area contributed by atoms with Crippen LogP contribution in [0.4, 0.5) is 5.69 Å². The molecule has 3 aromatic rings. The molecule has 2 N–H and O–H groups in total. The molecular formula is C18H18N4. The van der Waals surface area contributed by atoms with Crippen molar-refractivity contribution in [2.75, 3.05) is 11.9 Å². The molecule has 0 saturated heterocycles. The molecule has 0 radical (unpaired) electrons. The van der Waals surface area contributed by atoms with Gasteiger partial charge >= 0.3 is 0 Å². The number of imidazole rings is 1. The van der Waals surface area contributed by atoms with E-state index in [0.717, 1.165) is 41.9 Å². The van der Waals surface area contributed by atoms with Gasteiger partial charge in [-0.2, -0.15) is 5.26 Å². The van der Waals surface area contributed by atoms with Gasteiger partial charge in [-0.1, -0.05) is 12.1 Å². The SMILES string of the molecule is CCNc1ccc2nc(CCc3ccc(C#N)cc3)[nH]c2c1. The first-order valence-corrected chi connectivity index (χ1v) is 7.50. The monoisotopic (exact) mass is 290 g/mol. The maximum Gasteiger partial charge on any atom is 0.107 e. The number of benzene rings is 2. The minimum Gasteiger partial charge on any atom is -0.385 e. The van der Waals surface area contributed by atoms with Gasteiger partial charge in [-0.15, -0.1) is 0 Å². The van der Waals surface area contributed by atoms with Crippen LogP contribution in [0, 0.1) is 11.3 Å². The van der Waals surface area contributed by atoms with Crippen LogP contribution in [0.5, 0.6) is 0 Å². The Balaban J connectivity index is 1.72. The van der Waals surface area contributed by atoms with Crippen LogP contribution >= 0.6 is 0 Å². The molecule has 110 valence electrons. The molecule has 0 amide bonds. The highest BCUT2D eigenvalue weighted by atomic mass is 14.9. The van der Waals surface area contributed by atoms with E-state index in [-0.39, 0.29) is 0 Å². The first-order valence-electron chi connectivity index (χ1n) is 7.50. The molecule has 22 heavy (non-hydrogen) atoms. The molecule has 3 rings (SSSR count). The van der Waals surface area contributed by atoms with Crippen LogP contribution in [0.2, 0.25) is 0 Å². The Hall–Kier alpha value is -2.80. The molecule has 4 heteroatoms. The van der Waals surface area contributed by atoms with Gasteiger partial charge < -0.3 is 10.3 Å². The minimum atomic E-state index is 0.698. The lowest BCUT2D eigenvalue weighted by molar-refractivity contribution is 0.890. The first-order chi connectivity index (χ1) is 10.8. The Bertz CT molecular complexity index is 809. The predicted molar refractivity (Wildman–Crippen MR) is 88.8 cm³/mol. The molecule has 0 unspecified atom stereocenters. The van der Waals surface area contributed by atoms with E-state index in [0.29, 0.717) is 5.56 Å². The summed E-state index contributed by atoms with van der Waals surface area (Å²) in [4.78, 5) is 8.01. The number of hydrogen-bond acceptors (Lipinski definition) is 3. The Morgan fingerprint density at radius 1 is 1.14 bits per heavy atom. The Morgan fingerprint density at radius 2 is 1.95 bits per heavy atom. The van der Waals surface area contributed by atoms with Crippen molar-refractivity contribution < 1.29 is 0 Å². The number of aromatic amines is 1. The standard InChI is InChI=1S/C18H18N4/c1-2-20-15-8-9-16-17(11-15)22-18(21-16)10-7-13-3-5-14(12-19)6-4-13/h3-6,8-9,11,20H,2,7,10H2,1H3,(H,21,22). The van der Waals surface area contributed by atoms with E-state index in [4.69, 9.17) is 5.26 Å². The number of anilines is 1. The zero-order chi connectivity index (χ0) is 15.4. The number of hydrogen-bond donors (Lipinski definition) is 2. The lowest BCUT2D eigenvalue weighted by Crippen LogP contribution is -1.95. The van der Waals surface area contributed by atoms with Crippen LogP contribution < -0.4 is 5.32 Å². The second-order valence-corrected chi connectivity index (χ2v) is 5.25. The topological polar surface area (TPSA) is 64.5 Å². The summed E-state index contributed by atoms with van der Waals surface area (Å²) >= 11 is 0. The quantitative estimate of drug-likeness (QED) is 0.754. The largest absolute Gasteiger partial charge is 0.385 e. The Labute approximate surface area is 129 Å². The van der Waals surface area contributed by atoms with E-state index in [1.165, 1.54) is 5.56 Å². The lowest BCUT2D eigenvalue weighted by atomic mass is 10.1. The Kier molecular flexibility index (Phi) is 4.06. The molecule has 4 nitrogen and oxygen atoms in total. The van der Waals surface area contributed by atoms with Crippen LogP contribution in [-0.2, 0) is 12.8 Å². The van der Waals surface area contributed by atoms with Crippen molar-refractivity contribution >= 4 is 16.7 Å². The number of H-pyrrole nitrogens is 1. The molecule has 0 aliphatic carbocycles. The molecule has 0 saturated carbocycles. The maximum atomic E-state index is 8.81. The number of fused-ring (bicyclic) bond motifs is 1. The van der Waals surface area contributed by atoms with E-state index in [1.807, 2.05) is 30.3 Å². The zero-order valence-electron chi connectivity index (χ0n) is 12.6. The van der Waals surface area contributed by atoms with Crippen molar-refractivity contribution in [3.63, 3.8) is 0 Å². The lowest BCUT2D eigenvalue weighted by Gasteiger charge is -2.01. The smallest absolute Gasteiger partial charge is 0.107 e. The highest BCUT2D eigenvalue weighted by Crippen LogP contribution is 2.18. The normalized spacial score (nSPS) is 10.5. The van der Waals surface area contributed by atoms with E-state index in [2.05, 4.69) is 40.4 Å². The molecular weight excluding hydrogens is 272 g/mol. The van der Waals surface area contributed by atoms with Gasteiger partial charge in [-0.25, -0.2) is 4.98 Å². The number of nitrogens with one attached hydrogen (secondary N) is 2. The van der Waals surface area contributed by atoms with Crippen molar-refractivity contribution in [3.05, 3.63) is 59.4 Å². The van der Waals surface area contributed by atoms with Crippen LogP contribution in [0.3, 0.4) is 0 Å². The average Bonchev–Trinajstić information content (AvgIpc) is 2.96. The zero-order valence-corrected chi connectivity index (χ0v) is 12.6. The fourth-order valence-corrected chi connectivity index (χ4v) is 2.50. The maximum absolute atomic E-state index is 8.81. The molecule has 2 aromatic carbocycles. The molecule has 0 aliphatic heterocycles. The second-order valence-electron chi connectivity index (χ2n) is 5.25. The van der Waals surface area contributed by atoms with Crippen LogP contribution in [0.15, 0.2) is 42.5 Å². The van der Waals surface area contributed by atoms with Gasteiger partial charge in [0.25, 0.3) is 0 Å². The van der Waals surface area contributed by atoms with E-state index < -0.39 is 0 Å². The molecule has 0 fully saturated rings. The summed E-state index contributed by atoms with van der Waals surface area (Å²) < 4.78 is 0. The molecule has 0 atom stereocenters. The summed E-state index contributed by atoms with van der Waals surface area (Å²) in [5, 5.41) is 12.1. The first kappa shape index (κ1) is 14.2. The highest BCUT2D eigenvalue weighted by molar-refractivity contribution is 5.79. The van der Waals surface area contributed by atoms with Gasteiger partial charge in [-0.05, 0) is 49.2 Å². The third kappa shape index (κ3) is 3.09. The molecule has 1 heterocycles. The van der Waals surface area contributed by atoms with Gasteiger partial charge in [0.1, 0.15) is 5.82 Å². The third-order valence-electron chi connectivity index (χ3n) is 3.65. The summed E-state index contributed by atoms with van der Waals surface area (Å²) in [5.74, 6) is 0.994. The van der Waals surface area contributed by atoms with E-state index in [1.54, 1.807) is 0 Å². The summed E-state index contributed by atoms with van der Waals surface area (Å²) in [6, 6.07) is 16.0. The highest BCUT2D eigenvalue weighted by Gasteiger charge is 2.04. The van der Waals surface area contributed by atoms with Crippen LogP contribution in [0.1, 0.15) is 23.9 Å². The van der Waals surface area contributed by atoms with Crippen LogP contribution in [-0.4, -0.2) is 16.5 Å². The number of rotatable bonds is 5. The van der Waals surface area contributed by atoms with Crippen molar-refractivity contribution in [2.24, 2.45) is 0 Å². The van der Waals surface area contributed by atoms with Gasteiger partial charge in [-0.3, -0.25) is 0 Å². The molecule has 1 aromatic heterocycles. The summed E-state index contributed by atoms with van der Waals surface area (Å²) in [5.41, 5.74) is 5.08. The molecule has 0 bridgehead atoms. The minimum absolute atomic E-state index is 0.698. The number of aromatic nitrogens is 2.